The quantitative estimate of drug-likeness (QED) is 0.698. The molecule has 19 heavy (non-hydrogen) atoms. The van der Waals surface area contributed by atoms with Gasteiger partial charge in [0.1, 0.15) is 0 Å². The summed E-state index contributed by atoms with van der Waals surface area (Å²) in [5, 5.41) is 3.86. The van der Waals surface area contributed by atoms with E-state index in [4.69, 9.17) is 0 Å². The Bertz CT molecular complexity index is 369. The number of nitrogens with one attached hydrogen (secondary N) is 1. The number of hydrogen-bond acceptors (Lipinski definition) is 2. The summed E-state index contributed by atoms with van der Waals surface area (Å²) in [5.74, 6) is 1.52. The Morgan fingerprint density at radius 1 is 1.00 bits per heavy atom. The first-order valence-corrected chi connectivity index (χ1v) is 8.44. The summed E-state index contributed by atoms with van der Waals surface area (Å²) in [6.07, 6.45) is 2.54. The molecule has 0 saturated heterocycles. The SMILES string of the molecule is Cc1cc(C(C)NC(CC(C)C)CC(C)C)c(C)s1. The lowest BCUT2D eigenvalue weighted by Crippen LogP contribution is -2.34. The molecule has 1 heterocycles. The van der Waals surface area contributed by atoms with Gasteiger partial charge in [0.05, 0.1) is 0 Å². The predicted molar refractivity (Wildman–Crippen MR) is 88.0 cm³/mol. The summed E-state index contributed by atoms with van der Waals surface area (Å²) in [6.45, 7) is 16.0. The van der Waals surface area contributed by atoms with Crippen molar-refractivity contribution in [3.63, 3.8) is 0 Å². The van der Waals surface area contributed by atoms with Gasteiger partial charge < -0.3 is 5.32 Å². The molecular formula is C17H31NS. The van der Waals surface area contributed by atoms with Crippen LogP contribution < -0.4 is 5.32 Å². The number of aryl methyl sites for hydroxylation is 2. The average molecular weight is 282 g/mol. The fourth-order valence-corrected chi connectivity index (χ4v) is 3.92. The molecule has 110 valence electrons. The second-order valence-electron chi connectivity index (χ2n) is 6.71. The highest BCUT2D eigenvalue weighted by Crippen LogP contribution is 2.27. The first kappa shape index (κ1) is 16.7. The molecule has 1 N–H and O–H groups in total. The van der Waals surface area contributed by atoms with Gasteiger partial charge in [0.2, 0.25) is 0 Å². The second-order valence-corrected chi connectivity index (χ2v) is 8.17. The van der Waals surface area contributed by atoms with E-state index >= 15 is 0 Å². The maximum absolute atomic E-state index is 3.86. The molecule has 0 saturated carbocycles. The van der Waals surface area contributed by atoms with Gasteiger partial charge in [0.25, 0.3) is 0 Å². The standard InChI is InChI=1S/C17H31NS/c1-11(2)8-16(9-12(3)4)18-14(6)17-10-13(5)19-15(17)7/h10-12,14,16,18H,8-9H2,1-7H3. The van der Waals surface area contributed by atoms with Gasteiger partial charge in [0, 0.05) is 21.8 Å². The second kappa shape index (κ2) is 7.44. The summed E-state index contributed by atoms with van der Waals surface area (Å²) in [5.41, 5.74) is 1.49. The third-order valence-corrected chi connectivity index (χ3v) is 4.53. The van der Waals surface area contributed by atoms with E-state index < -0.39 is 0 Å². The number of rotatable bonds is 7. The average Bonchev–Trinajstić information content (AvgIpc) is 2.55. The highest BCUT2D eigenvalue weighted by atomic mass is 32.1. The van der Waals surface area contributed by atoms with Crippen LogP contribution in [0.25, 0.3) is 0 Å². The molecule has 0 spiro atoms. The Labute approximate surface area is 123 Å². The van der Waals surface area contributed by atoms with Gasteiger partial charge in [-0.2, -0.15) is 0 Å². The van der Waals surface area contributed by atoms with Crippen LogP contribution in [0.2, 0.25) is 0 Å². The van der Waals surface area contributed by atoms with E-state index in [0.29, 0.717) is 12.1 Å². The van der Waals surface area contributed by atoms with Gasteiger partial charge in [-0.05, 0) is 57.1 Å². The van der Waals surface area contributed by atoms with Crippen molar-refractivity contribution in [2.24, 2.45) is 11.8 Å². The first-order valence-electron chi connectivity index (χ1n) is 7.62. The van der Waals surface area contributed by atoms with Crippen molar-refractivity contribution in [3.05, 3.63) is 21.4 Å². The number of thiophene rings is 1. The van der Waals surface area contributed by atoms with Gasteiger partial charge in [-0.25, -0.2) is 0 Å². The molecule has 0 aromatic carbocycles. The maximum Gasteiger partial charge on any atom is 0.0305 e. The molecular weight excluding hydrogens is 250 g/mol. The Balaban J connectivity index is 2.69. The molecule has 1 nitrogen and oxygen atoms in total. The summed E-state index contributed by atoms with van der Waals surface area (Å²) in [6, 6.07) is 3.45. The van der Waals surface area contributed by atoms with Crippen LogP contribution in [0.15, 0.2) is 6.07 Å². The van der Waals surface area contributed by atoms with Crippen LogP contribution in [-0.2, 0) is 0 Å². The van der Waals surface area contributed by atoms with E-state index in [1.54, 1.807) is 0 Å². The van der Waals surface area contributed by atoms with Crippen LogP contribution in [-0.4, -0.2) is 6.04 Å². The van der Waals surface area contributed by atoms with Crippen LogP contribution in [0.4, 0.5) is 0 Å². The van der Waals surface area contributed by atoms with Crippen LogP contribution >= 0.6 is 11.3 Å². The Hall–Kier alpha value is -0.340. The molecule has 0 fully saturated rings. The van der Waals surface area contributed by atoms with Crippen molar-refractivity contribution >= 4 is 11.3 Å². The molecule has 0 aliphatic rings. The van der Waals surface area contributed by atoms with Crippen molar-refractivity contribution in [1.82, 2.24) is 5.32 Å². The minimum atomic E-state index is 0.465. The van der Waals surface area contributed by atoms with E-state index in [0.717, 1.165) is 11.8 Å². The third kappa shape index (κ3) is 5.66. The lowest BCUT2D eigenvalue weighted by molar-refractivity contribution is 0.335. The molecule has 1 rings (SSSR count). The minimum absolute atomic E-state index is 0.465. The van der Waals surface area contributed by atoms with Crippen molar-refractivity contribution < 1.29 is 0 Å². The predicted octanol–water partition coefficient (Wildman–Crippen LogP) is 5.48. The summed E-state index contributed by atoms with van der Waals surface area (Å²) in [7, 11) is 0. The van der Waals surface area contributed by atoms with E-state index in [1.165, 1.54) is 28.2 Å². The molecule has 1 aromatic rings. The zero-order chi connectivity index (χ0) is 14.6. The van der Waals surface area contributed by atoms with Crippen LogP contribution in [0.1, 0.15) is 68.8 Å². The lowest BCUT2D eigenvalue weighted by atomic mass is 9.94. The fraction of sp³-hybridized carbons (Fsp3) is 0.765. The van der Waals surface area contributed by atoms with E-state index in [1.807, 2.05) is 11.3 Å². The van der Waals surface area contributed by atoms with Gasteiger partial charge in [-0.1, -0.05) is 27.7 Å². The van der Waals surface area contributed by atoms with Gasteiger partial charge in [-0.15, -0.1) is 11.3 Å². The molecule has 0 amide bonds. The maximum atomic E-state index is 3.86. The van der Waals surface area contributed by atoms with Crippen molar-refractivity contribution in [3.8, 4) is 0 Å². The Morgan fingerprint density at radius 3 is 1.89 bits per heavy atom. The summed E-state index contributed by atoms with van der Waals surface area (Å²) < 4.78 is 0. The third-order valence-electron chi connectivity index (χ3n) is 3.54. The number of hydrogen-bond donors (Lipinski definition) is 1. The Kier molecular flexibility index (Phi) is 6.55. The molecule has 1 unspecified atom stereocenters. The van der Waals surface area contributed by atoms with E-state index in [2.05, 4.69) is 59.8 Å². The Morgan fingerprint density at radius 2 is 1.53 bits per heavy atom. The minimum Gasteiger partial charge on any atom is -0.307 e. The smallest absolute Gasteiger partial charge is 0.0305 e. The topological polar surface area (TPSA) is 12.0 Å². The molecule has 0 aliphatic heterocycles. The van der Waals surface area contributed by atoms with Gasteiger partial charge in [0.15, 0.2) is 0 Å². The normalized spacial score (nSPS) is 13.8. The van der Waals surface area contributed by atoms with Crippen molar-refractivity contribution in [1.29, 1.82) is 0 Å². The van der Waals surface area contributed by atoms with Gasteiger partial charge >= 0.3 is 0 Å². The van der Waals surface area contributed by atoms with Crippen LogP contribution in [0, 0.1) is 25.7 Å². The molecule has 1 aromatic heterocycles. The highest BCUT2D eigenvalue weighted by Gasteiger charge is 2.18. The molecule has 0 aliphatic carbocycles. The lowest BCUT2D eigenvalue weighted by Gasteiger charge is -2.26. The van der Waals surface area contributed by atoms with Gasteiger partial charge in [-0.3, -0.25) is 0 Å². The zero-order valence-electron chi connectivity index (χ0n) is 13.7. The first-order chi connectivity index (χ1) is 8.79. The molecule has 0 bridgehead atoms. The monoisotopic (exact) mass is 281 g/mol. The largest absolute Gasteiger partial charge is 0.307 e. The fourth-order valence-electron chi connectivity index (χ4n) is 2.89. The van der Waals surface area contributed by atoms with Crippen molar-refractivity contribution in [2.45, 2.75) is 73.4 Å². The summed E-state index contributed by atoms with van der Waals surface area (Å²) >= 11 is 1.91. The molecule has 2 heteroatoms. The van der Waals surface area contributed by atoms with Crippen molar-refractivity contribution in [2.75, 3.05) is 0 Å². The molecule has 0 radical (unpaired) electrons. The zero-order valence-corrected chi connectivity index (χ0v) is 14.5. The summed E-state index contributed by atoms with van der Waals surface area (Å²) in [4.78, 5) is 2.88. The van der Waals surface area contributed by atoms with Crippen LogP contribution in [0.3, 0.4) is 0 Å². The molecule has 1 atom stereocenters. The van der Waals surface area contributed by atoms with Crippen LogP contribution in [0.5, 0.6) is 0 Å². The highest BCUT2D eigenvalue weighted by molar-refractivity contribution is 7.12. The van der Waals surface area contributed by atoms with E-state index in [9.17, 15) is 0 Å². The van der Waals surface area contributed by atoms with E-state index in [-0.39, 0.29) is 0 Å².